The number of oxazole rings is 1. The molecule has 0 bridgehead atoms. The molecule has 0 atom stereocenters. The quantitative estimate of drug-likeness (QED) is 0.486. The minimum Gasteiger partial charge on any atom is -1.00 e. The van der Waals surface area contributed by atoms with E-state index in [4.69, 9.17) is 4.42 Å². The zero-order valence-electron chi connectivity index (χ0n) is 13.6. The van der Waals surface area contributed by atoms with Gasteiger partial charge >= 0.3 is 0 Å². The number of halogens is 2. The number of pyridine rings is 1. The van der Waals surface area contributed by atoms with Crippen LogP contribution in [0, 0.1) is 12.7 Å². The Morgan fingerprint density at radius 3 is 2.44 bits per heavy atom. The number of benzene rings is 2. The van der Waals surface area contributed by atoms with Gasteiger partial charge < -0.3 is 21.4 Å². The third-order valence-electron chi connectivity index (χ3n) is 3.96. The molecule has 0 saturated carbocycles. The predicted molar refractivity (Wildman–Crippen MR) is 89.9 cm³/mol. The molecular weight excluding hydrogens is 383 g/mol. The largest absolute Gasteiger partial charge is 1.00 e. The van der Waals surface area contributed by atoms with Crippen LogP contribution in [0.2, 0.25) is 0 Å². The fourth-order valence-corrected chi connectivity index (χ4v) is 2.67. The van der Waals surface area contributed by atoms with E-state index < -0.39 is 0 Å². The third-order valence-corrected chi connectivity index (χ3v) is 3.96. The molecule has 0 fully saturated rings. The molecule has 0 radical (unpaired) electrons. The maximum absolute atomic E-state index is 13.0. The molecule has 2 aromatic heterocycles. The number of hydrogen-bond acceptors (Lipinski definition) is 2. The van der Waals surface area contributed by atoms with Crippen molar-refractivity contribution < 1.29 is 30.4 Å². The van der Waals surface area contributed by atoms with E-state index >= 15 is 0 Å². The molecule has 0 aliphatic carbocycles. The van der Waals surface area contributed by atoms with Crippen molar-refractivity contribution in [1.82, 2.24) is 4.98 Å². The van der Waals surface area contributed by atoms with Crippen LogP contribution in [0.25, 0.3) is 22.6 Å². The van der Waals surface area contributed by atoms with Crippen molar-refractivity contribution in [1.29, 1.82) is 0 Å². The number of rotatable bonds is 3. The van der Waals surface area contributed by atoms with Crippen LogP contribution >= 0.6 is 0 Å². The fourth-order valence-electron chi connectivity index (χ4n) is 2.67. The first-order valence-electron chi connectivity index (χ1n) is 7.78. The zero-order chi connectivity index (χ0) is 16.5. The van der Waals surface area contributed by atoms with Gasteiger partial charge in [0.15, 0.2) is 24.5 Å². The summed E-state index contributed by atoms with van der Waals surface area (Å²) in [5.41, 5.74) is 4.80. The topological polar surface area (TPSA) is 29.9 Å². The summed E-state index contributed by atoms with van der Waals surface area (Å²) in [6.45, 7) is 2.72. The van der Waals surface area contributed by atoms with Gasteiger partial charge in [0.1, 0.15) is 11.3 Å². The van der Waals surface area contributed by atoms with Crippen molar-refractivity contribution >= 4 is 11.1 Å². The molecule has 126 valence electrons. The number of aryl methyl sites for hydroxylation is 1. The fraction of sp³-hybridized carbons (Fsp3) is 0.100. The molecule has 0 saturated heterocycles. The molecule has 0 aliphatic heterocycles. The minimum atomic E-state index is -0.217. The van der Waals surface area contributed by atoms with Gasteiger partial charge in [-0.3, -0.25) is 0 Å². The molecule has 4 rings (SSSR count). The second-order valence-electron chi connectivity index (χ2n) is 5.88. The first-order valence-corrected chi connectivity index (χ1v) is 7.78. The summed E-state index contributed by atoms with van der Waals surface area (Å²) < 4.78 is 20.8. The Hall–Kier alpha value is -2.53. The van der Waals surface area contributed by atoms with E-state index in [0.717, 1.165) is 27.8 Å². The van der Waals surface area contributed by atoms with Gasteiger partial charge in [-0.05, 0) is 48.9 Å². The van der Waals surface area contributed by atoms with Gasteiger partial charge in [0.05, 0.1) is 0 Å². The van der Waals surface area contributed by atoms with Gasteiger partial charge in [0.25, 0.3) is 0 Å². The van der Waals surface area contributed by atoms with Gasteiger partial charge in [0, 0.05) is 23.3 Å². The summed E-state index contributed by atoms with van der Waals surface area (Å²) in [5.74, 6) is 0.398. The van der Waals surface area contributed by atoms with E-state index in [1.54, 1.807) is 12.1 Å². The lowest BCUT2D eigenvalue weighted by atomic mass is 10.2. The summed E-state index contributed by atoms with van der Waals surface area (Å²) in [4.78, 5) is 4.55. The lowest BCUT2D eigenvalue weighted by Gasteiger charge is -1.99. The van der Waals surface area contributed by atoms with Crippen LogP contribution in [0.1, 0.15) is 11.1 Å². The van der Waals surface area contributed by atoms with Gasteiger partial charge in [0.2, 0.25) is 5.89 Å². The van der Waals surface area contributed by atoms with Crippen molar-refractivity contribution in [2.24, 2.45) is 0 Å². The number of aromatic nitrogens is 2. The van der Waals surface area contributed by atoms with Crippen LogP contribution in [0.5, 0.6) is 0 Å². The molecule has 4 aromatic rings. The van der Waals surface area contributed by atoms with E-state index in [1.807, 2.05) is 54.2 Å². The molecule has 3 nitrogen and oxygen atoms in total. The molecule has 0 N–H and O–H groups in total. The monoisotopic (exact) mass is 398 g/mol. The standard InChI is InChI=1S/C20H16FN2O.BrH/c1-14-2-7-19-18(12-14)22-20(24-19)16-8-10-23(11-9-16)13-15-3-5-17(21)6-4-15;/h2-12H,13H2,1H3;1H/q+1;/p-1. The molecule has 0 aliphatic rings. The second-order valence-corrected chi connectivity index (χ2v) is 5.88. The first-order chi connectivity index (χ1) is 11.7. The zero-order valence-corrected chi connectivity index (χ0v) is 15.2. The molecule has 0 amide bonds. The Morgan fingerprint density at radius 1 is 1.00 bits per heavy atom. The SMILES string of the molecule is Cc1ccc2oc(-c3cc[n+](Cc4ccc(F)cc4)cc3)nc2c1.[Br-]. The molecule has 0 unspecified atom stereocenters. The van der Waals surface area contributed by atoms with Gasteiger partial charge in [-0.25, -0.2) is 13.9 Å². The second kappa shape index (κ2) is 7.15. The van der Waals surface area contributed by atoms with E-state index in [0.29, 0.717) is 12.4 Å². The maximum atomic E-state index is 13.0. The number of fused-ring (bicyclic) bond motifs is 1. The average Bonchev–Trinajstić information content (AvgIpc) is 3.01. The van der Waals surface area contributed by atoms with Crippen LogP contribution in [-0.2, 0) is 6.54 Å². The van der Waals surface area contributed by atoms with Crippen molar-refractivity contribution in [2.75, 3.05) is 0 Å². The molecule has 2 aromatic carbocycles. The summed E-state index contributed by atoms with van der Waals surface area (Å²) in [6, 6.07) is 16.5. The Morgan fingerprint density at radius 2 is 1.72 bits per heavy atom. The Bertz CT molecular complexity index is 995. The van der Waals surface area contributed by atoms with Gasteiger partial charge in [-0.2, -0.15) is 0 Å². The normalized spacial score (nSPS) is 10.6. The highest BCUT2D eigenvalue weighted by Crippen LogP contribution is 2.24. The van der Waals surface area contributed by atoms with Crippen molar-refractivity contribution in [3.05, 3.63) is 83.9 Å². The lowest BCUT2D eigenvalue weighted by Crippen LogP contribution is -3.00. The molecule has 25 heavy (non-hydrogen) atoms. The first kappa shape index (κ1) is 17.3. The van der Waals surface area contributed by atoms with Crippen molar-refractivity contribution in [2.45, 2.75) is 13.5 Å². The van der Waals surface area contributed by atoms with Crippen molar-refractivity contribution in [3.63, 3.8) is 0 Å². The summed E-state index contributed by atoms with van der Waals surface area (Å²) in [7, 11) is 0. The van der Waals surface area contributed by atoms with Crippen molar-refractivity contribution in [3.8, 4) is 11.5 Å². The molecule has 0 spiro atoms. The predicted octanol–water partition coefficient (Wildman–Crippen LogP) is 1.28. The minimum absolute atomic E-state index is 0. The molecule has 2 heterocycles. The third kappa shape index (κ3) is 3.77. The Labute approximate surface area is 155 Å². The maximum Gasteiger partial charge on any atom is 0.227 e. The van der Waals surface area contributed by atoms with Gasteiger partial charge in [-0.15, -0.1) is 0 Å². The summed E-state index contributed by atoms with van der Waals surface area (Å²) in [5, 5.41) is 0. The highest BCUT2D eigenvalue weighted by molar-refractivity contribution is 5.76. The number of nitrogens with zero attached hydrogens (tertiary/aromatic N) is 2. The number of hydrogen-bond donors (Lipinski definition) is 0. The van der Waals surface area contributed by atoms with Crippen LogP contribution in [-0.4, -0.2) is 4.98 Å². The highest BCUT2D eigenvalue weighted by Gasteiger charge is 2.10. The molecule has 5 heteroatoms. The van der Waals surface area contributed by atoms with Gasteiger partial charge in [-0.1, -0.05) is 6.07 Å². The van der Waals surface area contributed by atoms with Crippen LogP contribution in [0.4, 0.5) is 4.39 Å². The highest BCUT2D eigenvalue weighted by atomic mass is 79.9. The van der Waals surface area contributed by atoms with E-state index in [2.05, 4.69) is 4.98 Å². The van der Waals surface area contributed by atoms with Crippen LogP contribution in [0.3, 0.4) is 0 Å². The van der Waals surface area contributed by atoms with Crippen LogP contribution < -0.4 is 21.5 Å². The lowest BCUT2D eigenvalue weighted by molar-refractivity contribution is -0.688. The smallest absolute Gasteiger partial charge is 0.227 e. The van der Waals surface area contributed by atoms with E-state index in [-0.39, 0.29) is 22.8 Å². The summed E-state index contributed by atoms with van der Waals surface area (Å²) >= 11 is 0. The Kier molecular flexibility index (Phi) is 4.95. The Balaban J connectivity index is 0.00000182. The van der Waals surface area contributed by atoms with E-state index in [9.17, 15) is 4.39 Å². The summed E-state index contributed by atoms with van der Waals surface area (Å²) in [6.07, 6.45) is 3.94. The van der Waals surface area contributed by atoms with Crippen LogP contribution in [0.15, 0.2) is 71.4 Å². The van der Waals surface area contributed by atoms with E-state index in [1.165, 1.54) is 12.1 Å². The molecular formula is C20H16BrFN2O. The average molecular weight is 399 g/mol.